The molecule has 0 spiro atoms. The zero-order valence-corrected chi connectivity index (χ0v) is 17.3. The maximum absolute atomic E-state index is 14.5. The van der Waals surface area contributed by atoms with Crippen LogP contribution in [0, 0.1) is 5.82 Å². The summed E-state index contributed by atoms with van der Waals surface area (Å²) < 4.78 is 41.6. The number of fused-ring (bicyclic) bond motifs is 1. The van der Waals surface area contributed by atoms with Gasteiger partial charge in [0.15, 0.2) is 0 Å². The number of hydrogen-bond donors (Lipinski definition) is 1. The average Bonchev–Trinajstić information content (AvgIpc) is 3.29. The molecule has 0 unspecified atom stereocenters. The van der Waals surface area contributed by atoms with E-state index in [0.29, 0.717) is 5.69 Å². The Morgan fingerprint density at radius 3 is 2.43 bits per heavy atom. The third-order valence-electron chi connectivity index (χ3n) is 4.51. The van der Waals surface area contributed by atoms with E-state index >= 15 is 0 Å². The molecule has 0 fully saturated rings. The Hall–Kier alpha value is -3.23. The molecule has 0 aliphatic heterocycles. The number of amides is 1. The number of carbonyl (C=O) groups excluding carboxylic acids is 1. The normalized spacial score (nSPS) is 11.4. The van der Waals surface area contributed by atoms with Crippen molar-refractivity contribution in [2.75, 3.05) is 16.2 Å². The topological polar surface area (TPSA) is 66.5 Å². The minimum absolute atomic E-state index is 0.0312. The second-order valence-corrected chi connectivity index (χ2v) is 9.51. The number of thiophene rings is 1. The van der Waals surface area contributed by atoms with Gasteiger partial charge in [0.2, 0.25) is 5.91 Å². The molecule has 0 saturated heterocycles. The summed E-state index contributed by atoms with van der Waals surface area (Å²) in [6.45, 7) is -0.565. The first-order valence-corrected chi connectivity index (χ1v) is 11.4. The highest BCUT2D eigenvalue weighted by Gasteiger charge is 2.30. The predicted molar refractivity (Wildman–Crippen MR) is 118 cm³/mol. The lowest BCUT2D eigenvalue weighted by Crippen LogP contribution is -2.38. The molecule has 152 valence electrons. The van der Waals surface area contributed by atoms with Gasteiger partial charge in [-0.1, -0.05) is 54.6 Å². The molecule has 30 heavy (non-hydrogen) atoms. The number of anilines is 2. The molecule has 0 aliphatic rings. The van der Waals surface area contributed by atoms with Crippen molar-refractivity contribution >= 4 is 49.4 Å². The summed E-state index contributed by atoms with van der Waals surface area (Å²) in [5.74, 6) is -1.30. The second-order valence-electron chi connectivity index (χ2n) is 6.47. The highest BCUT2D eigenvalue weighted by atomic mass is 32.2. The van der Waals surface area contributed by atoms with Gasteiger partial charge in [-0.25, -0.2) is 12.8 Å². The zero-order valence-electron chi connectivity index (χ0n) is 15.7. The molecule has 5 nitrogen and oxygen atoms in total. The van der Waals surface area contributed by atoms with Gasteiger partial charge >= 0.3 is 0 Å². The van der Waals surface area contributed by atoms with Gasteiger partial charge in [0.1, 0.15) is 16.6 Å². The van der Waals surface area contributed by atoms with E-state index in [0.717, 1.165) is 32.5 Å². The Kier molecular flexibility index (Phi) is 5.52. The molecular weight excluding hydrogens is 423 g/mol. The number of para-hydroxylation sites is 1. The molecule has 0 atom stereocenters. The van der Waals surface area contributed by atoms with E-state index in [4.69, 9.17) is 0 Å². The molecule has 0 bridgehead atoms. The number of nitrogens with one attached hydrogen (secondary N) is 1. The smallest absolute Gasteiger partial charge is 0.274 e. The van der Waals surface area contributed by atoms with Crippen molar-refractivity contribution in [3.8, 4) is 0 Å². The lowest BCUT2D eigenvalue weighted by atomic mass is 10.1. The molecule has 8 heteroatoms. The number of rotatable bonds is 6. The molecule has 0 aliphatic carbocycles. The predicted octanol–water partition coefficient (Wildman–Crippen LogP) is 4.87. The van der Waals surface area contributed by atoms with Crippen molar-refractivity contribution in [2.45, 2.75) is 4.21 Å². The summed E-state index contributed by atoms with van der Waals surface area (Å²) in [5.41, 5.74) is 0.374. The molecule has 1 heterocycles. The number of carbonyl (C=O) groups is 1. The monoisotopic (exact) mass is 440 g/mol. The average molecular weight is 441 g/mol. The van der Waals surface area contributed by atoms with Crippen LogP contribution in [0.4, 0.5) is 15.8 Å². The Morgan fingerprint density at radius 1 is 0.933 bits per heavy atom. The largest absolute Gasteiger partial charge is 0.324 e. The van der Waals surface area contributed by atoms with E-state index in [-0.39, 0.29) is 9.90 Å². The molecule has 1 N–H and O–H groups in total. The zero-order chi connectivity index (χ0) is 21.1. The van der Waals surface area contributed by atoms with Crippen LogP contribution in [0.2, 0.25) is 0 Å². The number of benzene rings is 3. The summed E-state index contributed by atoms with van der Waals surface area (Å²) in [7, 11) is -4.11. The van der Waals surface area contributed by atoms with E-state index in [9.17, 15) is 17.6 Å². The summed E-state index contributed by atoms with van der Waals surface area (Å²) in [6, 6.07) is 21.5. The minimum atomic E-state index is -4.11. The first kappa shape index (κ1) is 20.1. The van der Waals surface area contributed by atoms with Gasteiger partial charge in [0.25, 0.3) is 10.0 Å². The van der Waals surface area contributed by atoms with Crippen LogP contribution in [-0.4, -0.2) is 20.9 Å². The van der Waals surface area contributed by atoms with Gasteiger partial charge in [-0.05, 0) is 35.0 Å². The highest BCUT2D eigenvalue weighted by Crippen LogP contribution is 2.29. The SMILES string of the molecule is O=C(CN(c1ccccc1F)S(=O)(=O)c1cccs1)Nc1cccc2ccccc12. The summed E-state index contributed by atoms with van der Waals surface area (Å²) in [5, 5.41) is 6.13. The Bertz CT molecular complexity index is 1300. The number of hydrogen-bond acceptors (Lipinski definition) is 4. The lowest BCUT2D eigenvalue weighted by Gasteiger charge is -2.23. The van der Waals surface area contributed by atoms with Crippen LogP contribution in [-0.2, 0) is 14.8 Å². The minimum Gasteiger partial charge on any atom is -0.324 e. The van der Waals surface area contributed by atoms with Gasteiger partial charge in [-0.3, -0.25) is 9.10 Å². The van der Waals surface area contributed by atoms with Crippen molar-refractivity contribution in [2.24, 2.45) is 0 Å². The Labute approximate surface area is 177 Å². The molecule has 3 aromatic carbocycles. The van der Waals surface area contributed by atoms with Gasteiger partial charge in [-0.15, -0.1) is 11.3 Å². The summed E-state index contributed by atoms with van der Waals surface area (Å²) in [4.78, 5) is 12.8. The maximum atomic E-state index is 14.5. The van der Waals surface area contributed by atoms with Crippen LogP contribution in [0.1, 0.15) is 0 Å². The number of halogens is 1. The van der Waals surface area contributed by atoms with Crippen LogP contribution >= 0.6 is 11.3 Å². The molecule has 4 rings (SSSR count). The van der Waals surface area contributed by atoms with Crippen LogP contribution in [0.25, 0.3) is 10.8 Å². The van der Waals surface area contributed by atoms with E-state index < -0.39 is 28.3 Å². The first-order valence-electron chi connectivity index (χ1n) is 9.05. The molecule has 4 aromatic rings. The molecule has 1 amide bonds. The summed E-state index contributed by atoms with van der Waals surface area (Å²) in [6.07, 6.45) is 0. The number of sulfonamides is 1. The fraction of sp³-hybridized carbons (Fsp3) is 0.0455. The van der Waals surface area contributed by atoms with Gasteiger partial charge in [0, 0.05) is 11.1 Å². The van der Waals surface area contributed by atoms with Crippen LogP contribution in [0.5, 0.6) is 0 Å². The van der Waals surface area contributed by atoms with Gasteiger partial charge in [-0.2, -0.15) is 0 Å². The van der Waals surface area contributed by atoms with Gasteiger partial charge in [0.05, 0.1) is 5.69 Å². The van der Waals surface area contributed by atoms with E-state index in [1.165, 1.54) is 24.3 Å². The number of nitrogens with zero attached hydrogens (tertiary/aromatic N) is 1. The summed E-state index contributed by atoms with van der Waals surface area (Å²) >= 11 is 1.01. The van der Waals surface area contributed by atoms with E-state index in [2.05, 4.69) is 5.32 Å². The third-order valence-corrected chi connectivity index (χ3v) is 7.64. The van der Waals surface area contributed by atoms with Crippen LogP contribution in [0.3, 0.4) is 0 Å². The van der Waals surface area contributed by atoms with Crippen molar-refractivity contribution in [3.05, 3.63) is 90.1 Å². The Morgan fingerprint density at radius 2 is 1.67 bits per heavy atom. The van der Waals surface area contributed by atoms with Crippen molar-refractivity contribution in [1.82, 2.24) is 0 Å². The third kappa shape index (κ3) is 3.92. The fourth-order valence-corrected chi connectivity index (χ4v) is 5.66. The van der Waals surface area contributed by atoms with Crippen LogP contribution in [0.15, 0.2) is 88.5 Å². The lowest BCUT2D eigenvalue weighted by molar-refractivity contribution is -0.114. The van der Waals surface area contributed by atoms with Crippen LogP contribution < -0.4 is 9.62 Å². The van der Waals surface area contributed by atoms with E-state index in [1.54, 1.807) is 23.6 Å². The molecule has 1 aromatic heterocycles. The van der Waals surface area contributed by atoms with Gasteiger partial charge < -0.3 is 5.32 Å². The fourth-order valence-electron chi connectivity index (χ4n) is 3.13. The maximum Gasteiger partial charge on any atom is 0.274 e. The molecule has 0 saturated carbocycles. The van der Waals surface area contributed by atoms with Crippen molar-refractivity contribution < 1.29 is 17.6 Å². The molecule has 0 radical (unpaired) electrons. The second kappa shape index (κ2) is 8.25. The molecular formula is C22H17FN2O3S2. The van der Waals surface area contributed by atoms with E-state index in [1.807, 2.05) is 30.3 Å². The van der Waals surface area contributed by atoms with Crippen molar-refractivity contribution in [1.29, 1.82) is 0 Å². The quantitative estimate of drug-likeness (QED) is 0.465. The Balaban J connectivity index is 1.68. The first-order chi connectivity index (χ1) is 14.5. The van der Waals surface area contributed by atoms with Crippen molar-refractivity contribution in [3.63, 3.8) is 0 Å². The highest BCUT2D eigenvalue weighted by molar-refractivity contribution is 7.94. The standard InChI is InChI=1S/C22H17FN2O3S2/c23-18-10-3-4-12-20(18)25(30(27,28)22-13-6-14-29-22)15-21(26)24-19-11-5-8-16-7-1-2-9-17(16)19/h1-14H,15H2,(H,24,26).